The second kappa shape index (κ2) is 6.21. The van der Waals surface area contributed by atoms with Gasteiger partial charge in [0.1, 0.15) is 12.1 Å². The number of nitrogens with zero attached hydrogens (tertiary/aromatic N) is 3. The van der Waals surface area contributed by atoms with Gasteiger partial charge in [0.15, 0.2) is 5.58 Å². The molecule has 0 fully saturated rings. The molecule has 0 saturated carbocycles. The number of pyridine rings is 2. The Morgan fingerprint density at radius 2 is 1.70 bits per heavy atom. The van der Waals surface area contributed by atoms with E-state index >= 15 is 0 Å². The smallest absolute Gasteiger partial charge is 0.260 e. The highest BCUT2D eigenvalue weighted by Gasteiger charge is 2.11. The minimum Gasteiger partial charge on any atom is -0.439 e. The molecule has 0 aliphatic carbocycles. The Morgan fingerprint density at radius 3 is 2.56 bits per heavy atom. The van der Waals surface area contributed by atoms with Gasteiger partial charge in [0.2, 0.25) is 5.89 Å². The van der Waals surface area contributed by atoms with Crippen LogP contribution in [0.15, 0.2) is 88.5 Å². The molecule has 0 N–H and O–H groups in total. The minimum absolute atomic E-state index is 0.111. The number of benzene rings is 2. The third-order valence-electron chi connectivity index (χ3n) is 4.63. The molecule has 5 heteroatoms. The molecule has 0 unspecified atom stereocenters. The van der Waals surface area contributed by atoms with Gasteiger partial charge in [-0.3, -0.25) is 9.78 Å². The standard InChI is InChI=1S/C22H15N3O2/c26-22-18-13-23-12-17(15-6-2-1-3-7-15)16(18)10-11-25(22)14-21-24-19-8-4-5-9-20(19)27-21/h1-13H,14H2. The molecule has 0 radical (unpaired) electrons. The molecule has 0 aliphatic rings. The molecule has 2 aromatic carbocycles. The van der Waals surface area contributed by atoms with Crippen LogP contribution in [0.5, 0.6) is 0 Å². The van der Waals surface area contributed by atoms with Crippen molar-refractivity contribution in [3.05, 3.63) is 95.5 Å². The molecule has 0 saturated heterocycles. The first kappa shape index (κ1) is 15.5. The van der Waals surface area contributed by atoms with E-state index in [9.17, 15) is 4.79 Å². The molecule has 3 aromatic heterocycles. The maximum atomic E-state index is 13.0. The highest BCUT2D eigenvalue weighted by Crippen LogP contribution is 2.25. The minimum atomic E-state index is -0.111. The van der Waals surface area contributed by atoms with Gasteiger partial charge in [0.25, 0.3) is 5.56 Å². The predicted molar refractivity (Wildman–Crippen MR) is 105 cm³/mol. The highest BCUT2D eigenvalue weighted by atomic mass is 16.3. The summed E-state index contributed by atoms with van der Waals surface area (Å²) in [6.07, 6.45) is 5.20. The molecule has 5 rings (SSSR count). The summed E-state index contributed by atoms with van der Waals surface area (Å²) in [6, 6.07) is 19.5. The van der Waals surface area contributed by atoms with E-state index in [0.717, 1.165) is 27.6 Å². The molecular formula is C22H15N3O2. The van der Waals surface area contributed by atoms with E-state index in [1.165, 1.54) is 0 Å². The van der Waals surface area contributed by atoms with Crippen LogP contribution in [0, 0.1) is 0 Å². The molecular weight excluding hydrogens is 338 g/mol. The van der Waals surface area contributed by atoms with E-state index in [0.29, 0.717) is 11.3 Å². The summed E-state index contributed by atoms with van der Waals surface area (Å²) in [5.74, 6) is 0.504. The fraction of sp³-hybridized carbons (Fsp3) is 0.0455. The maximum absolute atomic E-state index is 13.0. The van der Waals surface area contributed by atoms with Gasteiger partial charge in [-0.1, -0.05) is 42.5 Å². The number of hydrogen-bond donors (Lipinski definition) is 0. The lowest BCUT2D eigenvalue weighted by molar-refractivity contribution is 0.505. The first-order chi connectivity index (χ1) is 13.3. The Morgan fingerprint density at radius 1 is 0.889 bits per heavy atom. The SMILES string of the molecule is O=c1c2cncc(-c3ccccc3)c2ccn1Cc1nc2ccccc2o1. The predicted octanol–water partition coefficient (Wildman–Crippen LogP) is 4.25. The van der Waals surface area contributed by atoms with Crippen LogP contribution < -0.4 is 5.56 Å². The number of oxazole rings is 1. The Bertz CT molecular complexity index is 1290. The zero-order valence-electron chi connectivity index (χ0n) is 14.4. The average molecular weight is 353 g/mol. The summed E-state index contributed by atoms with van der Waals surface area (Å²) in [6.45, 7) is 0.277. The molecule has 0 spiro atoms. The van der Waals surface area contributed by atoms with Gasteiger partial charge in [-0.15, -0.1) is 0 Å². The first-order valence-corrected chi connectivity index (χ1v) is 8.66. The van der Waals surface area contributed by atoms with E-state index in [2.05, 4.69) is 9.97 Å². The third-order valence-corrected chi connectivity index (χ3v) is 4.63. The number of aromatic nitrogens is 3. The van der Waals surface area contributed by atoms with Gasteiger partial charge in [0.05, 0.1) is 5.39 Å². The lowest BCUT2D eigenvalue weighted by atomic mass is 10.0. The van der Waals surface area contributed by atoms with Crippen LogP contribution in [-0.4, -0.2) is 14.5 Å². The Balaban J connectivity index is 1.60. The highest BCUT2D eigenvalue weighted by molar-refractivity contribution is 5.95. The van der Waals surface area contributed by atoms with Crippen molar-refractivity contribution in [1.29, 1.82) is 0 Å². The van der Waals surface area contributed by atoms with Gasteiger partial charge >= 0.3 is 0 Å². The second-order valence-electron chi connectivity index (χ2n) is 6.34. The molecule has 0 bridgehead atoms. The fourth-order valence-electron chi connectivity index (χ4n) is 3.31. The van der Waals surface area contributed by atoms with Crippen molar-refractivity contribution in [2.24, 2.45) is 0 Å². The van der Waals surface area contributed by atoms with Crippen LogP contribution in [0.25, 0.3) is 33.0 Å². The number of hydrogen-bond acceptors (Lipinski definition) is 4. The lowest BCUT2D eigenvalue weighted by Crippen LogP contribution is -2.20. The Kier molecular flexibility index (Phi) is 3.57. The second-order valence-corrected chi connectivity index (χ2v) is 6.34. The normalized spacial score (nSPS) is 11.3. The van der Waals surface area contributed by atoms with E-state index in [-0.39, 0.29) is 12.1 Å². The van der Waals surface area contributed by atoms with Gasteiger partial charge in [0, 0.05) is 24.2 Å². The first-order valence-electron chi connectivity index (χ1n) is 8.66. The van der Waals surface area contributed by atoms with Gasteiger partial charge < -0.3 is 8.98 Å². The fourth-order valence-corrected chi connectivity index (χ4v) is 3.31. The quantitative estimate of drug-likeness (QED) is 0.486. The third kappa shape index (κ3) is 2.69. The van der Waals surface area contributed by atoms with Crippen LogP contribution in [0.4, 0.5) is 0 Å². The summed E-state index contributed by atoms with van der Waals surface area (Å²) in [4.78, 5) is 21.7. The van der Waals surface area contributed by atoms with Crippen LogP contribution in [0.3, 0.4) is 0 Å². The monoisotopic (exact) mass is 353 g/mol. The zero-order valence-corrected chi connectivity index (χ0v) is 14.4. The molecule has 3 heterocycles. The van der Waals surface area contributed by atoms with Crippen molar-refractivity contribution < 1.29 is 4.42 Å². The zero-order chi connectivity index (χ0) is 18.2. The van der Waals surface area contributed by atoms with Crippen molar-refractivity contribution in [2.45, 2.75) is 6.54 Å². The molecule has 5 aromatic rings. The largest absolute Gasteiger partial charge is 0.439 e. The molecule has 130 valence electrons. The summed E-state index contributed by atoms with van der Waals surface area (Å²) in [5, 5.41) is 1.46. The van der Waals surface area contributed by atoms with Crippen molar-refractivity contribution in [1.82, 2.24) is 14.5 Å². The average Bonchev–Trinajstić information content (AvgIpc) is 3.13. The number of rotatable bonds is 3. The maximum Gasteiger partial charge on any atom is 0.260 e. The van der Waals surface area contributed by atoms with E-state index in [4.69, 9.17) is 4.42 Å². The van der Waals surface area contributed by atoms with Crippen molar-refractivity contribution >= 4 is 21.9 Å². The summed E-state index contributed by atoms with van der Waals surface area (Å²) in [5.41, 5.74) is 3.37. The number of fused-ring (bicyclic) bond motifs is 2. The van der Waals surface area contributed by atoms with Crippen molar-refractivity contribution in [2.75, 3.05) is 0 Å². The van der Waals surface area contributed by atoms with Gasteiger partial charge in [-0.05, 0) is 29.1 Å². The van der Waals surface area contributed by atoms with Crippen molar-refractivity contribution in [3.8, 4) is 11.1 Å². The number of para-hydroxylation sites is 2. The topological polar surface area (TPSA) is 60.9 Å². The van der Waals surface area contributed by atoms with Gasteiger partial charge in [-0.2, -0.15) is 0 Å². The lowest BCUT2D eigenvalue weighted by Gasteiger charge is -2.08. The van der Waals surface area contributed by atoms with Crippen LogP contribution in [0.1, 0.15) is 5.89 Å². The molecule has 0 amide bonds. The van der Waals surface area contributed by atoms with Crippen LogP contribution in [0.2, 0.25) is 0 Å². The van der Waals surface area contributed by atoms with E-state index < -0.39 is 0 Å². The summed E-state index contributed by atoms with van der Waals surface area (Å²) >= 11 is 0. The Hall–Kier alpha value is -3.73. The van der Waals surface area contributed by atoms with Gasteiger partial charge in [-0.25, -0.2) is 4.98 Å². The summed E-state index contributed by atoms with van der Waals surface area (Å²) < 4.78 is 7.35. The Labute approximate surface area is 154 Å². The van der Waals surface area contributed by atoms with Crippen LogP contribution in [-0.2, 0) is 6.54 Å². The van der Waals surface area contributed by atoms with Crippen molar-refractivity contribution in [3.63, 3.8) is 0 Å². The molecule has 5 nitrogen and oxygen atoms in total. The van der Waals surface area contributed by atoms with E-state index in [1.54, 1.807) is 23.2 Å². The van der Waals surface area contributed by atoms with Crippen LogP contribution >= 0.6 is 0 Å². The molecule has 0 aliphatic heterocycles. The molecule has 27 heavy (non-hydrogen) atoms. The summed E-state index contributed by atoms with van der Waals surface area (Å²) in [7, 11) is 0. The van der Waals surface area contributed by atoms with E-state index in [1.807, 2.05) is 60.7 Å². The molecule has 0 atom stereocenters.